The van der Waals surface area contributed by atoms with E-state index in [0.717, 1.165) is 31.9 Å². The van der Waals surface area contributed by atoms with Crippen LogP contribution in [-0.2, 0) is 11.8 Å². The van der Waals surface area contributed by atoms with Crippen LogP contribution in [0.25, 0.3) is 21.8 Å². The molecule has 2 aromatic heterocycles. The van der Waals surface area contributed by atoms with E-state index in [1.54, 1.807) is 55.2 Å². The Morgan fingerprint density at radius 1 is 1.11 bits per heavy atom. The molecule has 9 nitrogen and oxygen atoms in total. The maximum Gasteiger partial charge on any atom is 0.573 e. The number of carbonyl (C=O) groups excluding carboxylic acids is 1. The molecule has 1 aliphatic heterocycles. The van der Waals surface area contributed by atoms with Crippen molar-refractivity contribution < 1.29 is 27.4 Å². The number of rotatable bonds is 6. The number of carbonyl (C=O) groups is 1. The molecule has 1 aliphatic rings. The van der Waals surface area contributed by atoms with Crippen molar-refractivity contribution in [1.29, 1.82) is 0 Å². The van der Waals surface area contributed by atoms with E-state index in [1.165, 1.54) is 6.07 Å². The van der Waals surface area contributed by atoms with Crippen LogP contribution in [0.4, 0.5) is 30.5 Å². The molecule has 200 valence electrons. The van der Waals surface area contributed by atoms with Gasteiger partial charge in [0.25, 0.3) is 0 Å². The third-order valence-corrected chi connectivity index (χ3v) is 6.49. The van der Waals surface area contributed by atoms with Gasteiger partial charge >= 0.3 is 12.3 Å². The second kappa shape index (κ2) is 10.0. The Labute approximate surface area is 216 Å². The summed E-state index contributed by atoms with van der Waals surface area (Å²) in [5.41, 5.74) is 2.46. The van der Waals surface area contributed by atoms with Crippen molar-refractivity contribution in [3.63, 3.8) is 0 Å². The van der Waals surface area contributed by atoms with E-state index in [9.17, 15) is 18.0 Å². The van der Waals surface area contributed by atoms with Gasteiger partial charge in [0, 0.05) is 62.1 Å². The summed E-state index contributed by atoms with van der Waals surface area (Å²) in [5, 5.41) is 4.28. The summed E-state index contributed by atoms with van der Waals surface area (Å²) in [5.74, 6) is -0.744. The fraction of sp³-hybridized carbons (Fsp3) is 0.346. The highest BCUT2D eigenvalue weighted by atomic mass is 19.4. The van der Waals surface area contributed by atoms with Gasteiger partial charge in [-0.3, -0.25) is 0 Å². The number of benzene rings is 2. The molecule has 12 heteroatoms. The second-order valence-corrected chi connectivity index (χ2v) is 9.11. The number of aromatic nitrogens is 3. The lowest BCUT2D eigenvalue weighted by Crippen LogP contribution is -2.44. The van der Waals surface area contributed by atoms with Gasteiger partial charge in [-0.1, -0.05) is 12.1 Å². The van der Waals surface area contributed by atoms with E-state index in [4.69, 9.17) is 4.74 Å². The first kappa shape index (κ1) is 25.6. The minimum absolute atomic E-state index is 0.0874. The van der Waals surface area contributed by atoms with Crippen molar-refractivity contribution in [2.45, 2.75) is 13.3 Å². The molecule has 1 fully saturated rings. The largest absolute Gasteiger partial charge is 0.573 e. The molecular formula is C26H27F3N6O3. The van der Waals surface area contributed by atoms with E-state index in [0.29, 0.717) is 27.4 Å². The van der Waals surface area contributed by atoms with Crippen molar-refractivity contribution >= 4 is 45.1 Å². The number of hydrogen-bond acceptors (Lipinski definition) is 8. The van der Waals surface area contributed by atoms with E-state index < -0.39 is 12.3 Å². The van der Waals surface area contributed by atoms with Crippen molar-refractivity contribution in [2.24, 2.45) is 7.05 Å². The molecule has 0 bridgehead atoms. The van der Waals surface area contributed by atoms with Gasteiger partial charge in [0.15, 0.2) is 5.75 Å². The molecule has 1 saturated heterocycles. The van der Waals surface area contributed by atoms with Crippen LogP contribution in [0.2, 0.25) is 0 Å². The van der Waals surface area contributed by atoms with E-state index in [2.05, 4.69) is 29.8 Å². The van der Waals surface area contributed by atoms with Crippen LogP contribution >= 0.6 is 0 Å². The lowest BCUT2D eigenvalue weighted by molar-refractivity contribution is -0.274. The number of nitrogens with one attached hydrogen (secondary N) is 1. The lowest BCUT2D eigenvalue weighted by atomic mass is 10.1. The molecule has 3 heterocycles. The Morgan fingerprint density at radius 3 is 2.58 bits per heavy atom. The first-order chi connectivity index (χ1) is 18.1. The monoisotopic (exact) mass is 528 g/mol. The van der Waals surface area contributed by atoms with Gasteiger partial charge in [-0.15, -0.1) is 13.2 Å². The number of alkyl halides is 3. The zero-order chi connectivity index (χ0) is 27.0. The van der Waals surface area contributed by atoms with Crippen LogP contribution < -0.4 is 15.0 Å². The van der Waals surface area contributed by atoms with Crippen molar-refractivity contribution in [3.8, 4) is 5.75 Å². The lowest BCUT2D eigenvalue weighted by Gasteiger charge is -2.34. The molecule has 1 N–H and O–H groups in total. The van der Waals surface area contributed by atoms with Gasteiger partial charge in [0.1, 0.15) is 5.52 Å². The van der Waals surface area contributed by atoms with E-state index in [-0.39, 0.29) is 24.0 Å². The van der Waals surface area contributed by atoms with Gasteiger partial charge in [-0.25, -0.2) is 14.8 Å². The first-order valence-corrected chi connectivity index (χ1v) is 12.1. The standard InChI is InChI=1S/C26H27F3N6O3/c1-4-37-24(36)19-15-34(3)23-18(19)7-5-16-14-30-25(32-22(16)23)31-20-13-17(35-11-9-33(2)10-12-35)6-8-21(20)38-26(27,28)29/h5-8,13-15H,4,9-12H2,1-3H3,(H,30,31,32). The Balaban J connectivity index is 1.55. The summed E-state index contributed by atoms with van der Waals surface area (Å²) in [7, 11) is 3.82. The van der Waals surface area contributed by atoms with Crippen molar-refractivity contribution in [2.75, 3.05) is 50.1 Å². The molecule has 0 radical (unpaired) electrons. The third kappa shape index (κ3) is 5.17. The highest BCUT2D eigenvalue weighted by molar-refractivity contribution is 6.12. The molecule has 0 saturated carbocycles. The summed E-state index contributed by atoms with van der Waals surface area (Å²) in [6.07, 6.45) is -1.61. The van der Waals surface area contributed by atoms with Crippen LogP contribution in [0, 0.1) is 0 Å². The normalized spacial score (nSPS) is 14.7. The Hall–Kier alpha value is -4.06. The number of fused-ring (bicyclic) bond motifs is 3. The molecule has 0 spiro atoms. The van der Waals surface area contributed by atoms with Gasteiger partial charge in [-0.05, 0) is 32.2 Å². The Bertz CT molecular complexity index is 1500. The zero-order valence-electron chi connectivity index (χ0n) is 21.2. The molecule has 4 aromatic rings. The number of nitrogens with zero attached hydrogens (tertiary/aromatic N) is 5. The summed E-state index contributed by atoms with van der Waals surface area (Å²) < 4.78 is 50.7. The number of ether oxygens (including phenoxy) is 2. The van der Waals surface area contributed by atoms with Crippen LogP contribution in [0.1, 0.15) is 17.3 Å². The van der Waals surface area contributed by atoms with Gasteiger partial charge in [0.05, 0.1) is 23.4 Å². The highest BCUT2D eigenvalue weighted by Crippen LogP contribution is 2.36. The molecule has 5 rings (SSSR count). The first-order valence-electron chi connectivity index (χ1n) is 12.1. The number of aryl methyl sites for hydroxylation is 1. The number of likely N-dealkylation sites (N-methyl/N-ethyl adjacent to an activating group) is 1. The topological polar surface area (TPSA) is 84.8 Å². The molecule has 0 atom stereocenters. The maximum atomic E-state index is 13.2. The predicted octanol–water partition coefficient (Wildman–Crippen LogP) is 4.69. The smallest absolute Gasteiger partial charge is 0.462 e. The maximum absolute atomic E-state index is 13.2. The average Bonchev–Trinajstić information content (AvgIpc) is 3.22. The third-order valence-electron chi connectivity index (χ3n) is 6.49. The van der Waals surface area contributed by atoms with Crippen LogP contribution in [0.15, 0.2) is 42.7 Å². The molecule has 2 aromatic carbocycles. The van der Waals surface area contributed by atoms with Crippen LogP contribution in [-0.4, -0.2) is 71.6 Å². The van der Waals surface area contributed by atoms with E-state index >= 15 is 0 Å². The number of halogens is 3. The van der Waals surface area contributed by atoms with Crippen molar-refractivity contribution in [3.05, 3.63) is 48.3 Å². The zero-order valence-corrected chi connectivity index (χ0v) is 21.2. The number of hydrogen-bond donors (Lipinski definition) is 1. The Morgan fingerprint density at radius 2 is 1.87 bits per heavy atom. The van der Waals surface area contributed by atoms with Crippen LogP contribution in [0.3, 0.4) is 0 Å². The molecule has 0 unspecified atom stereocenters. The Kier molecular flexibility index (Phi) is 6.74. The fourth-order valence-electron chi connectivity index (χ4n) is 4.63. The summed E-state index contributed by atoms with van der Waals surface area (Å²) in [6, 6.07) is 8.11. The van der Waals surface area contributed by atoms with Gasteiger partial charge in [0.2, 0.25) is 5.95 Å². The molecular weight excluding hydrogens is 501 g/mol. The summed E-state index contributed by atoms with van der Waals surface area (Å²) in [6.45, 7) is 5.16. The second-order valence-electron chi connectivity index (χ2n) is 9.11. The molecule has 0 amide bonds. The fourth-order valence-corrected chi connectivity index (χ4v) is 4.63. The predicted molar refractivity (Wildman–Crippen MR) is 138 cm³/mol. The SMILES string of the molecule is CCOC(=O)c1cn(C)c2c1ccc1cnc(Nc3cc(N4CCN(C)CC4)ccc3OC(F)(F)F)nc12. The van der Waals surface area contributed by atoms with Crippen LogP contribution in [0.5, 0.6) is 5.75 Å². The van der Waals surface area contributed by atoms with Crippen molar-refractivity contribution in [1.82, 2.24) is 19.4 Å². The van der Waals surface area contributed by atoms with E-state index in [1.807, 2.05) is 7.05 Å². The van der Waals surface area contributed by atoms with Gasteiger partial charge < -0.3 is 29.2 Å². The highest BCUT2D eigenvalue weighted by Gasteiger charge is 2.32. The molecule has 38 heavy (non-hydrogen) atoms. The molecule has 0 aliphatic carbocycles. The number of anilines is 3. The summed E-state index contributed by atoms with van der Waals surface area (Å²) in [4.78, 5) is 25.7. The average molecular weight is 529 g/mol. The number of piperazine rings is 1. The quantitative estimate of drug-likeness (QED) is 0.361. The minimum atomic E-state index is -4.87. The van der Waals surface area contributed by atoms with Gasteiger partial charge in [-0.2, -0.15) is 0 Å². The number of esters is 1. The minimum Gasteiger partial charge on any atom is -0.462 e. The summed E-state index contributed by atoms with van der Waals surface area (Å²) >= 11 is 0.